The quantitative estimate of drug-likeness (QED) is 0.668. The number of amides is 1. The minimum absolute atomic E-state index is 0.0443. The summed E-state index contributed by atoms with van der Waals surface area (Å²) in [6, 6.07) is 0. The van der Waals surface area contributed by atoms with Crippen LogP contribution in [0.1, 0.15) is 25.1 Å². The smallest absolute Gasteiger partial charge is 0.254 e. The molecule has 1 aromatic rings. The number of aromatic nitrogens is 2. The summed E-state index contributed by atoms with van der Waals surface area (Å²) in [5, 5.41) is 0.491. The second kappa shape index (κ2) is 6.62. The molecule has 0 unspecified atom stereocenters. The van der Waals surface area contributed by atoms with Gasteiger partial charge in [0.05, 0.1) is 18.0 Å². The molecule has 1 aliphatic rings. The average Bonchev–Trinajstić information content (AvgIpc) is 2.40. The van der Waals surface area contributed by atoms with Crippen LogP contribution in [-0.4, -0.2) is 51.8 Å². The largest absolute Gasteiger partial charge is 0.372 e. The fourth-order valence-electron chi connectivity index (χ4n) is 2.29. The Bertz CT molecular complexity index is 577. The number of morpholine rings is 1. The van der Waals surface area contributed by atoms with Crippen LogP contribution in [0.25, 0.3) is 0 Å². The number of carbonyl (C=O) groups excluding carboxylic acids is 1. The summed E-state index contributed by atoms with van der Waals surface area (Å²) >= 11 is 1.26. The van der Waals surface area contributed by atoms with Crippen molar-refractivity contribution in [2.75, 3.05) is 18.8 Å². The number of rotatable bonds is 3. The van der Waals surface area contributed by atoms with Crippen molar-refractivity contribution in [1.82, 2.24) is 14.9 Å². The molecular formula is C14H21N3O3S. The number of thioether (sulfide) groups is 1. The average molecular weight is 311 g/mol. The van der Waals surface area contributed by atoms with E-state index < -0.39 is 0 Å². The Morgan fingerprint density at radius 2 is 2.00 bits per heavy atom. The lowest BCUT2D eigenvalue weighted by Crippen LogP contribution is -2.48. The van der Waals surface area contributed by atoms with E-state index in [9.17, 15) is 9.59 Å². The number of nitrogens with one attached hydrogen (secondary N) is 1. The molecule has 116 valence electrons. The molecule has 0 saturated carbocycles. The lowest BCUT2D eigenvalue weighted by molar-refractivity contribution is -0.140. The highest BCUT2D eigenvalue weighted by atomic mass is 32.2. The first-order valence-corrected chi connectivity index (χ1v) is 7.99. The first kappa shape index (κ1) is 16.0. The van der Waals surface area contributed by atoms with Gasteiger partial charge in [-0.05, 0) is 27.7 Å². The monoisotopic (exact) mass is 311 g/mol. The third-order valence-electron chi connectivity index (χ3n) is 3.48. The molecule has 1 amide bonds. The van der Waals surface area contributed by atoms with Gasteiger partial charge in [0, 0.05) is 24.3 Å². The molecule has 0 radical (unpaired) electrons. The predicted molar refractivity (Wildman–Crippen MR) is 81.6 cm³/mol. The van der Waals surface area contributed by atoms with Crippen LogP contribution in [-0.2, 0) is 9.53 Å². The van der Waals surface area contributed by atoms with Crippen molar-refractivity contribution in [1.29, 1.82) is 0 Å². The van der Waals surface area contributed by atoms with Gasteiger partial charge in [-0.15, -0.1) is 0 Å². The van der Waals surface area contributed by atoms with Crippen molar-refractivity contribution in [2.45, 2.75) is 45.1 Å². The summed E-state index contributed by atoms with van der Waals surface area (Å²) in [5.74, 6) is 0.313. The van der Waals surface area contributed by atoms with Crippen molar-refractivity contribution in [3.8, 4) is 0 Å². The molecule has 0 bridgehead atoms. The molecule has 0 spiro atoms. The zero-order valence-corrected chi connectivity index (χ0v) is 13.6. The molecule has 0 aromatic carbocycles. The number of hydrogen-bond acceptors (Lipinski definition) is 5. The van der Waals surface area contributed by atoms with E-state index in [1.165, 1.54) is 11.8 Å². The topological polar surface area (TPSA) is 75.3 Å². The molecule has 6 nitrogen and oxygen atoms in total. The molecule has 1 fully saturated rings. The van der Waals surface area contributed by atoms with E-state index >= 15 is 0 Å². The van der Waals surface area contributed by atoms with Crippen molar-refractivity contribution in [3.63, 3.8) is 0 Å². The molecular weight excluding hydrogens is 290 g/mol. The Balaban J connectivity index is 1.96. The first-order valence-electron chi connectivity index (χ1n) is 7.00. The van der Waals surface area contributed by atoms with E-state index in [4.69, 9.17) is 4.74 Å². The molecule has 21 heavy (non-hydrogen) atoms. The van der Waals surface area contributed by atoms with Crippen LogP contribution >= 0.6 is 11.8 Å². The molecule has 7 heteroatoms. The third kappa shape index (κ3) is 4.07. The van der Waals surface area contributed by atoms with Crippen LogP contribution in [0.15, 0.2) is 9.95 Å². The Labute approximate surface area is 128 Å². The Morgan fingerprint density at radius 3 is 2.57 bits per heavy atom. The molecule has 1 aromatic heterocycles. The number of aromatic amines is 1. The van der Waals surface area contributed by atoms with Crippen LogP contribution in [0, 0.1) is 13.8 Å². The van der Waals surface area contributed by atoms with Crippen LogP contribution in [0.5, 0.6) is 0 Å². The zero-order valence-electron chi connectivity index (χ0n) is 12.8. The van der Waals surface area contributed by atoms with E-state index in [2.05, 4.69) is 9.97 Å². The Morgan fingerprint density at radius 1 is 1.38 bits per heavy atom. The van der Waals surface area contributed by atoms with Crippen molar-refractivity contribution in [2.24, 2.45) is 0 Å². The second-order valence-corrected chi connectivity index (χ2v) is 6.39. The van der Waals surface area contributed by atoms with Crippen LogP contribution in [0.3, 0.4) is 0 Å². The van der Waals surface area contributed by atoms with Gasteiger partial charge in [-0.3, -0.25) is 9.59 Å². The minimum atomic E-state index is -0.147. The van der Waals surface area contributed by atoms with Gasteiger partial charge in [0.25, 0.3) is 5.56 Å². The van der Waals surface area contributed by atoms with E-state index in [0.717, 1.165) is 0 Å². The van der Waals surface area contributed by atoms with Gasteiger partial charge in [-0.1, -0.05) is 11.8 Å². The molecule has 1 aliphatic heterocycles. The summed E-state index contributed by atoms with van der Waals surface area (Å²) in [7, 11) is 0. The highest BCUT2D eigenvalue weighted by Gasteiger charge is 2.25. The Hall–Kier alpha value is -1.34. The standard InChI is InChI=1S/C14H21N3O3S/c1-8-5-17(6-9(2)20-8)12(18)7-21-14-15-11(4)10(3)13(19)16-14/h8-9H,5-7H2,1-4H3,(H,15,16,19)/t8-,9+. The highest BCUT2D eigenvalue weighted by molar-refractivity contribution is 7.99. The zero-order chi connectivity index (χ0) is 15.6. The maximum atomic E-state index is 12.2. The van der Waals surface area contributed by atoms with Crippen molar-refractivity contribution < 1.29 is 9.53 Å². The number of carbonyl (C=O) groups is 1. The fourth-order valence-corrected chi connectivity index (χ4v) is 3.10. The van der Waals surface area contributed by atoms with Gasteiger partial charge >= 0.3 is 0 Å². The van der Waals surface area contributed by atoms with Gasteiger partial charge in [-0.25, -0.2) is 4.98 Å². The van der Waals surface area contributed by atoms with Gasteiger partial charge in [-0.2, -0.15) is 0 Å². The van der Waals surface area contributed by atoms with E-state index in [1.54, 1.807) is 13.8 Å². The van der Waals surface area contributed by atoms with E-state index in [1.807, 2.05) is 18.7 Å². The molecule has 2 rings (SSSR count). The molecule has 2 atom stereocenters. The normalized spacial score (nSPS) is 22.4. The summed E-state index contributed by atoms with van der Waals surface area (Å²) in [6.07, 6.45) is 0.115. The number of H-pyrrole nitrogens is 1. The van der Waals surface area contributed by atoms with Gasteiger partial charge in [0.2, 0.25) is 5.91 Å². The summed E-state index contributed by atoms with van der Waals surface area (Å²) in [6.45, 7) is 8.68. The fraction of sp³-hybridized carbons (Fsp3) is 0.643. The van der Waals surface area contributed by atoms with Gasteiger partial charge in [0.1, 0.15) is 0 Å². The van der Waals surface area contributed by atoms with Gasteiger partial charge < -0.3 is 14.6 Å². The SMILES string of the molecule is Cc1nc(SCC(=O)N2C[C@@H](C)O[C@@H](C)C2)[nH]c(=O)c1C. The second-order valence-electron chi connectivity index (χ2n) is 5.43. The molecule has 0 aliphatic carbocycles. The van der Waals surface area contributed by atoms with Gasteiger partial charge in [0.15, 0.2) is 5.16 Å². The number of aryl methyl sites for hydroxylation is 1. The van der Waals surface area contributed by atoms with Crippen molar-refractivity contribution in [3.05, 3.63) is 21.6 Å². The number of hydrogen-bond donors (Lipinski definition) is 1. The summed E-state index contributed by atoms with van der Waals surface area (Å²) in [4.78, 5) is 32.7. The lowest BCUT2D eigenvalue weighted by Gasteiger charge is -2.35. The first-order chi connectivity index (χ1) is 9.86. The van der Waals surface area contributed by atoms with Crippen LogP contribution in [0.2, 0.25) is 0 Å². The maximum absolute atomic E-state index is 12.2. The highest BCUT2D eigenvalue weighted by Crippen LogP contribution is 2.16. The summed E-state index contributed by atoms with van der Waals surface area (Å²) < 4.78 is 5.61. The minimum Gasteiger partial charge on any atom is -0.372 e. The van der Waals surface area contributed by atoms with E-state index in [-0.39, 0.29) is 29.4 Å². The van der Waals surface area contributed by atoms with Crippen LogP contribution < -0.4 is 5.56 Å². The predicted octanol–water partition coefficient (Wildman–Crippen LogP) is 1.11. The van der Waals surface area contributed by atoms with Crippen LogP contribution in [0.4, 0.5) is 0 Å². The molecule has 1 saturated heterocycles. The number of ether oxygens (including phenoxy) is 1. The molecule has 1 N–H and O–H groups in total. The van der Waals surface area contributed by atoms with E-state index in [0.29, 0.717) is 29.5 Å². The lowest BCUT2D eigenvalue weighted by atomic mass is 10.2. The third-order valence-corrected chi connectivity index (χ3v) is 4.34. The maximum Gasteiger partial charge on any atom is 0.254 e. The number of nitrogens with zero attached hydrogens (tertiary/aromatic N) is 2. The Kier molecular flexibility index (Phi) is 5.05. The van der Waals surface area contributed by atoms with Crippen molar-refractivity contribution >= 4 is 17.7 Å². The summed E-state index contributed by atoms with van der Waals surface area (Å²) in [5.41, 5.74) is 1.16. The molecule has 2 heterocycles.